The van der Waals surface area contributed by atoms with Crippen molar-refractivity contribution in [2.45, 2.75) is 19.8 Å². The van der Waals surface area contributed by atoms with Gasteiger partial charge in [0.1, 0.15) is 6.33 Å². The first kappa shape index (κ1) is 17.0. The number of hydrogen-bond acceptors (Lipinski definition) is 6. The predicted molar refractivity (Wildman–Crippen MR) is 105 cm³/mol. The van der Waals surface area contributed by atoms with Crippen molar-refractivity contribution in [1.82, 2.24) is 9.97 Å². The van der Waals surface area contributed by atoms with Gasteiger partial charge in [0, 0.05) is 17.9 Å². The number of fused-ring (bicyclic) bond motifs is 1. The number of nitro groups is 1. The zero-order chi connectivity index (χ0) is 18.8. The van der Waals surface area contributed by atoms with E-state index in [2.05, 4.69) is 15.3 Å². The van der Waals surface area contributed by atoms with Crippen molar-refractivity contribution in [3.63, 3.8) is 0 Å². The van der Waals surface area contributed by atoms with E-state index in [9.17, 15) is 10.1 Å². The van der Waals surface area contributed by atoms with Gasteiger partial charge in [-0.1, -0.05) is 43.3 Å². The summed E-state index contributed by atoms with van der Waals surface area (Å²) in [6, 6.07) is 15.7. The van der Waals surface area contributed by atoms with Crippen molar-refractivity contribution in [3.8, 4) is 0 Å². The molecule has 7 heteroatoms. The van der Waals surface area contributed by atoms with Gasteiger partial charge < -0.3 is 10.2 Å². The van der Waals surface area contributed by atoms with E-state index < -0.39 is 4.92 Å². The second-order valence-electron chi connectivity index (χ2n) is 6.32. The van der Waals surface area contributed by atoms with Crippen LogP contribution in [-0.2, 0) is 12.8 Å². The van der Waals surface area contributed by atoms with Gasteiger partial charge in [0.15, 0.2) is 0 Å². The van der Waals surface area contributed by atoms with Gasteiger partial charge in [0.25, 0.3) is 0 Å². The van der Waals surface area contributed by atoms with E-state index in [0.717, 1.165) is 35.3 Å². The molecular formula is C20H19N5O2. The first-order chi connectivity index (χ1) is 13.2. The molecule has 2 aromatic carbocycles. The zero-order valence-electron chi connectivity index (χ0n) is 14.9. The van der Waals surface area contributed by atoms with Crippen molar-refractivity contribution < 1.29 is 4.92 Å². The minimum Gasteiger partial charge on any atom is -0.334 e. The van der Waals surface area contributed by atoms with Crippen LogP contribution in [0.15, 0.2) is 54.9 Å². The molecule has 27 heavy (non-hydrogen) atoms. The lowest BCUT2D eigenvalue weighted by atomic mass is 10.1. The first-order valence-corrected chi connectivity index (χ1v) is 8.88. The molecule has 0 fully saturated rings. The molecule has 7 nitrogen and oxygen atoms in total. The van der Waals surface area contributed by atoms with E-state index in [1.807, 2.05) is 60.4 Å². The van der Waals surface area contributed by atoms with Gasteiger partial charge >= 0.3 is 5.69 Å². The Bertz CT molecular complexity index is 1010. The Morgan fingerprint density at radius 2 is 1.93 bits per heavy atom. The highest BCUT2D eigenvalue weighted by molar-refractivity contribution is 5.80. The van der Waals surface area contributed by atoms with Gasteiger partial charge in [-0.05, 0) is 36.1 Å². The van der Waals surface area contributed by atoms with E-state index in [-0.39, 0.29) is 11.5 Å². The topological polar surface area (TPSA) is 84.2 Å². The molecular weight excluding hydrogens is 342 g/mol. The number of nitrogens with zero attached hydrogens (tertiary/aromatic N) is 4. The van der Waals surface area contributed by atoms with Crippen LogP contribution in [0.4, 0.5) is 28.7 Å². The van der Waals surface area contributed by atoms with Crippen molar-refractivity contribution in [2.75, 3.05) is 16.8 Å². The van der Waals surface area contributed by atoms with Gasteiger partial charge in [-0.2, -0.15) is 0 Å². The fourth-order valence-corrected chi connectivity index (χ4v) is 3.46. The summed E-state index contributed by atoms with van der Waals surface area (Å²) in [6.45, 7) is 2.70. The Labute approximate surface area is 156 Å². The van der Waals surface area contributed by atoms with Crippen LogP contribution in [0.5, 0.6) is 0 Å². The van der Waals surface area contributed by atoms with E-state index in [0.29, 0.717) is 12.4 Å². The normalized spacial score (nSPS) is 12.7. The standard InChI is InChI=1S/C20H19N5O2/c1-2-14-7-3-5-9-16(14)23-19-18(25(26)27)20(22-13-21-19)24-12-11-15-8-4-6-10-17(15)24/h3-10,13H,2,11-12H2,1H3,(H,21,22,23). The Balaban J connectivity index is 1.79. The van der Waals surface area contributed by atoms with Crippen LogP contribution < -0.4 is 10.2 Å². The SMILES string of the molecule is CCc1ccccc1Nc1ncnc(N2CCc3ccccc32)c1[N+](=O)[O-]. The number of anilines is 4. The van der Waals surface area contributed by atoms with Crippen LogP contribution in [0.2, 0.25) is 0 Å². The van der Waals surface area contributed by atoms with Crippen molar-refractivity contribution in [3.05, 3.63) is 76.1 Å². The monoisotopic (exact) mass is 361 g/mol. The lowest BCUT2D eigenvalue weighted by Gasteiger charge is -2.19. The number of nitrogens with one attached hydrogen (secondary N) is 1. The first-order valence-electron chi connectivity index (χ1n) is 8.88. The molecule has 0 saturated heterocycles. The minimum absolute atomic E-state index is 0.111. The van der Waals surface area contributed by atoms with E-state index >= 15 is 0 Å². The third kappa shape index (κ3) is 3.08. The third-order valence-corrected chi connectivity index (χ3v) is 4.78. The van der Waals surface area contributed by atoms with Crippen LogP contribution in [0.3, 0.4) is 0 Å². The predicted octanol–water partition coefficient (Wildman–Crippen LogP) is 4.39. The second kappa shape index (κ2) is 7.03. The van der Waals surface area contributed by atoms with Crippen LogP contribution in [0, 0.1) is 10.1 Å². The molecule has 0 saturated carbocycles. The molecule has 0 aliphatic carbocycles. The number of benzene rings is 2. The van der Waals surface area contributed by atoms with Gasteiger partial charge in [0.05, 0.1) is 4.92 Å². The molecule has 1 aromatic heterocycles. The molecule has 1 aliphatic heterocycles. The van der Waals surface area contributed by atoms with Gasteiger partial charge in [0.2, 0.25) is 11.6 Å². The smallest absolute Gasteiger partial charge is 0.334 e. The summed E-state index contributed by atoms with van der Waals surface area (Å²) in [5.41, 5.74) is 3.89. The molecule has 0 radical (unpaired) electrons. The Morgan fingerprint density at radius 1 is 1.15 bits per heavy atom. The van der Waals surface area contributed by atoms with Crippen LogP contribution in [0.25, 0.3) is 0 Å². The highest BCUT2D eigenvalue weighted by atomic mass is 16.6. The van der Waals surface area contributed by atoms with E-state index in [4.69, 9.17) is 0 Å². The Kier molecular flexibility index (Phi) is 4.42. The van der Waals surface area contributed by atoms with Crippen molar-refractivity contribution in [1.29, 1.82) is 0 Å². The lowest BCUT2D eigenvalue weighted by molar-refractivity contribution is -0.383. The summed E-state index contributed by atoms with van der Waals surface area (Å²) in [5.74, 6) is 0.520. The fourth-order valence-electron chi connectivity index (χ4n) is 3.46. The Morgan fingerprint density at radius 3 is 2.74 bits per heavy atom. The maximum Gasteiger partial charge on any atom is 0.354 e. The van der Waals surface area contributed by atoms with Crippen LogP contribution >= 0.6 is 0 Å². The van der Waals surface area contributed by atoms with E-state index in [1.54, 1.807) is 0 Å². The molecule has 2 heterocycles. The summed E-state index contributed by atoms with van der Waals surface area (Å²) in [7, 11) is 0. The fraction of sp³-hybridized carbons (Fsp3) is 0.200. The van der Waals surface area contributed by atoms with Crippen molar-refractivity contribution >= 4 is 28.7 Å². The minimum atomic E-state index is -0.410. The maximum atomic E-state index is 11.9. The third-order valence-electron chi connectivity index (χ3n) is 4.78. The van der Waals surface area contributed by atoms with Crippen LogP contribution in [0.1, 0.15) is 18.1 Å². The molecule has 0 unspecified atom stereocenters. The lowest BCUT2D eigenvalue weighted by Crippen LogP contribution is -2.17. The van der Waals surface area contributed by atoms with Crippen LogP contribution in [-0.4, -0.2) is 21.4 Å². The second-order valence-corrected chi connectivity index (χ2v) is 6.32. The van der Waals surface area contributed by atoms with E-state index in [1.165, 1.54) is 6.33 Å². The molecule has 0 atom stereocenters. The molecule has 136 valence electrons. The molecule has 3 aromatic rings. The number of aromatic nitrogens is 2. The average Bonchev–Trinajstić information content (AvgIpc) is 3.12. The molecule has 1 N–H and O–H groups in total. The highest BCUT2D eigenvalue weighted by Crippen LogP contribution is 2.40. The Hall–Kier alpha value is -3.48. The molecule has 4 rings (SSSR count). The number of hydrogen-bond donors (Lipinski definition) is 1. The summed E-state index contributed by atoms with van der Waals surface area (Å²) >= 11 is 0. The number of para-hydroxylation sites is 2. The molecule has 0 bridgehead atoms. The molecule has 1 aliphatic rings. The quantitative estimate of drug-likeness (QED) is 0.536. The number of rotatable bonds is 5. The van der Waals surface area contributed by atoms with Gasteiger partial charge in [-0.15, -0.1) is 0 Å². The molecule has 0 amide bonds. The summed E-state index contributed by atoms with van der Waals surface area (Å²) in [4.78, 5) is 21.8. The number of aryl methyl sites for hydroxylation is 1. The van der Waals surface area contributed by atoms with Gasteiger partial charge in [-0.25, -0.2) is 9.97 Å². The largest absolute Gasteiger partial charge is 0.354 e. The van der Waals surface area contributed by atoms with Gasteiger partial charge in [-0.3, -0.25) is 10.1 Å². The zero-order valence-corrected chi connectivity index (χ0v) is 14.9. The molecule has 0 spiro atoms. The summed E-state index contributed by atoms with van der Waals surface area (Å²) in [5, 5.41) is 15.1. The summed E-state index contributed by atoms with van der Waals surface area (Å²) < 4.78 is 0. The maximum absolute atomic E-state index is 11.9. The highest BCUT2D eigenvalue weighted by Gasteiger charge is 2.31. The summed E-state index contributed by atoms with van der Waals surface area (Å²) in [6.07, 6.45) is 3.02. The average molecular weight is 361 g/mol. The van der Waals surface area contributed by atoms with Crippen molar-refractivity contribution in [2.24, 2.45) is 0 Å².